The van der Waals surface area contributed by atoms with Crippen LogP contribution in [0.5, 0.6) is 0 Å². The van der Waals surface area contributed by atoms with Crippen LogP contribution in [-0.2, 0) is 4.74 Å². The molecule has 2 aliphatic heterocycles. The molecule has 0 N–H and O–H groups in total. The van der Waals surface area contributed by atoms with Crippen molar-refractivity contribution in [3.8, 4) is 0 Å². The van der Waals surface area contributed by atoms with E-state index in [9.17, 15) is 0 Å². The van der Waals surface area contributed by atoms with Crippen LogP contribution in [-0.4, -0.2) is 48.5 Å². The normalized spacial score (nSPS) is 23.4. The zero-order chi connectivity index (χ0) is 19.3. The minimum atomic E-state index is 0.809. The van der Waals surface area contributed by atoms with Crippen molar-refractivity contribution >= 4 is 17.5 Å². The Morgan fingerprint density at radius 1 is 0.964 bits per heavy atom. The summed E-state index contributed by atoms with van der Waals surface area (Å²) in [6.07, 6.45) is 11.9. The highest BCUT2D eigenvalue weighted by atomic mass is 32.2. The molecule has 1 aromatic carbocycles. The molecular weight excluding hydrogens is 364 g/mol. The fourth-order valence-electron chi connectivity index (χ4n) is 4.65. The first-order chi connectivity index (χ1) is 13.7. The van der Waals surface area contributed by atoms with Crippen LogP contribution in [0.15, 0.2) is 47.1 Å². The van der Waals surface area contributed by atoms with Gasteiger partial charge in [-0.2, -0.15) is 0 Å². The lowest BCUT2D eigenvalue weighted by Gasteiger charge is -2.41. The minimum absolute atomic E-state index is 0.809. The van der Waals surface area contributed by atoms with Crippen LogP contribution in [0.1, 0.15) is 51.0 Å². The summed E-state index contributed by atoms with van der Waals surface area (Å²) in [5, 5.41) is 0. The number of nitrogens with zero attached hydrogens (tertiary/aromatic N) is 2. The third-order valence-corrected chi connectivity index (χ3v) is 7.63. The third-order valence-electron chi connectivity index (χ3n) is 6.53. The zero-order valence-electron chi connectivity index (χ0n) is 17.4. The standard InChI is InChI=1S/C24H34N2OS/c1-19-11-15-25(16-12-19)21-13-17-26(18-14-21)28-22-9-7-20(8-10-22)23-5-3-4-6-24(23)27-2/h3,5,7-10,19,21H,4,6,11-18H2,1-2H3. The predicted octanol–water partition coefficient (Wildman–Crippen LogP) is 5.60. The Bertz CT molecular complexity index is 696. The van der Waals surface area contributed by atoms with Gasteiger partial charge >= 0.3 is 0 Å². The van der Waals surface area contributed by atoms with Crippen LogP contribution >= 0.6 is 11.9 Å². The second-order valence-electron chi connectivity index (χ2n) is 8.48. The number of rotatable bonds is 5. The average molecular weight is 399 g/mol. The Labute approximate surface area is 174 Å². The molecule has 4 rings (SSSR count). The molecule has 0 saturated carbocycles. The van der Waals surface area contributed by atoms with Gasteiger partial charge in [-0.1, -0.05) is 31.2 Å². The number of hydrogen-bond donors (Lipinski definition) is 0. The maximum atomic E-state index is 5.59. The van der Waals surface area contributed by atoms with Crippen molar-refractivity contribution in [1.29, 1.82) is 0 Å². The van der Waals surface area contributed by atoms with Gasteiger partial charge in [0.15, 0.2) is 0 Å². The summed E-state index contributed by atoms with van der Waals surface area (Å²) in [5.41, 5.74) is 2.50. The highest BCUT2D eigenvalue weighted by molar-refractivity contribution is 7.97. The first kappa shape index (κ1) is 20.1. The van der Waals surface area contributed by atoms with Crippen molar-refractivity contribution in [3.63, 3.8) is 0 Å². The molecular formula is C24H34N2OS. The highest BCUT2D eigenvalue weighted by Crippen LogP contribution is 2.32. The van der Waals surface area contributed by atoms with Gasteiger partial charge in [-0.15, -0.1) is 0 Å². The molecule has 0 spiro atoms. The molecule has 0 aromatic heterocycles. The smallest absolute Gasteiger partial charge is 0.104 e. The second-order valence-corrected chi connectivity index (χ2v) is 9.65. The lowest BCUT2D eigenvalue weighted by atomic mass is 9.95. The van der Waals surface area contributed by atoms with Gasteiger partial charge in [-0.25, -0.2) is 4.31 Å². The Hall–Kier alpha value is -1.23. The summed E-state index contributed by atoms with van der Waals surface area (Å²) in [5.74, 6) is 2.03. The fraction of sp³-hybridized carbons (Fsp3) is 0.583. The molecule has 1 aliphatic carbocycles. The maximum Gasteiger partial charge on any atom is 0.104 e. The molecule has 28 heavy (non-hydrogen) atoms. The summed E-state index contributed by atoms with van der Waals surface area (Å²) < 4.78 is 8.14. The third kappa shape index (κ3) is 4.84. The molecule has 2 heterocycles. The van der Waals surface area contributed by atoms with E-state index in [0.717, 1.165) is 30.6 Å². The molecule has 3 nitrogen and oxygen atoms in total. The van der Waals surface area contributed by atoms with E-state index in [4.69, 9.17) is 4.74 Å². The van der Waals surface area contributed by atoms with Gasteiger partial charge in [0.05, 0.1) is 7.11 Å². The number of hydrogen-bond acceptors (Lipinski definition) is 4. The van der Waals surface area contributed by atoms with Crippen LogP contribution < -0.4 is 0 Å². The highest BCUT2D eigenvalue weighted by Gasteiger charge is 2.27. The number of likely N-dealkylation sites (tertiary alicyclic amines) is 1. The minimum Gasteiger partial charge on any atom is -0.500 e. The Morgan fingerprint density at radius 3 is 2.36 bits per heavy atom. The summed E-state index contributed by atoms with van der Waals surface area (Å²) in [7, 11) is 1.78. The van der Waals surface area contributed by atoms with Gasteiger partial charge in [0.1, 0.15) is 5.76 Å². The summed E-state index contributed by atoms with van der Waals surface area (Å²) in [6.45, 7) is 7.43. The average Bonchev–Trinajstić information content (AvgIpc) is 2.75. The number of ether oxygens (including phenoxy) is 1. The van der Waals surface area contributed by atoms with Gasteiger partial charge in [0.2, 0.25) is 0 Å². The van der Waals surface area contributed by atoms with Crippen molar-refractivity contribution in [2.75, 3.05) is 33.3 Å². The SMILES string of the molecule is COC1=C(c2ccc(SN3CCC(N4CCC(C)CC4)CC3)cc2)C=CCC1. The number of benzene rings is 1. The van der Waals surface area contributed by atoms with Gasteiger partial charge in [0, 0.05) is 36.0 Å². The largest absolute Gasteiger partial charge is 0.500 e. The summed E-state index contributed by atoms with van der Waals surface area (Å²) in [6, 6.07) is 9.83. The van der Waals surface area contributed by atoms with Crippen LogP contribution in [0.25, 0.3) is 5.57 Å². The first-order valence-electron chi connectivity index (χ1n) is 10.9. The molecule has 3 aliphatic rings. The second kappa shape index (κ2) is 9.51. The molecule has 0 amide bonds. The molecule has 0 bridgehead atoms. The first-order valence-corrected chi connectivity index (χ1v) is 11.7. The van der Waals surface area contributed by atoms with E-state index in [0.29, 0.717) is 0 Å². The van der Waals surface area contributed by atoms with Crippen LogP contribution in [0, 0.1) is 5.92 Å². The Morgan fingerprint density at radius 2 is 1.68 bits per heavy atom. The van der Waals surface area contributed by atoms with E-state index < -0.39 is 0 Å². The number of piperidine rings is 2. The van der Waals surface area contributed by atoms with E-state index in [1.54, 1.807) is 7.11 Å². The van der Waals surface area contributed by atoms with Crippen molar-refractivity contribution in [2.24, 2.45) is 5.92 Å². The summed E-state index contributed by atoms with van der Waals surface area (Å²) in [4.78, 5) is 4.10. The van der Waals surface area contributed by atoms with Crippen molar-refractivity contribution in [1.82, 2.24) is 9.21 Å². The Kier molecular flexibility index (Phi) is 6.81. The van der Waals surface area contributed by atoms with Crippen molar-refractivity contribution < 1.29 is 4.74 Å². The van der Waals surface area contributed by atoms with Gasteiger partial charge in [0.25, 0.3) is 0 Å². The monoisotopic (exact) mass is 398 g/mol. The fourth-order valence-corrected chi connectivity index (χ4v) is 5.60. The van der Waals surface area contributed by atoms with Crippen LogP contribution in [0.3, 0.4) is 0 Å². The predicted molar refractivity (Wildman–Crippen MR) is 119 cm³/mol. The molecule has 4 heteroatoms. The lowest BCUT2D eigenvalue weighted by molar-refractivity contribution is 0.103. The van der Waals surface area contributed by atoms with Crippen LogP contribution in [0.2, 0.25) is 0 Å². The zero-order valence-corrected chi connectivity index (χ0v) is 18.2. The van der Waals surface area contributed by atoms with Gasteiger partial charge < -0.3 is 9.64 Å². The molecule has 2 saturated heterocycles. The molecule has 0 atom stereocenters. The van der Waals surface area contributed by atoms with E-state index in [2.05, 4.69) is 52.5 Å². The number of allylic oxidation sites excluding steroid dienone is 4. The molecule has 152 valence electrons. The lowest BCUT2D eigenvalue weighted by Crippen LogP contribution is -2.46. The van der Waals surface area contributed by atoms with E-state index in [1.807, 2.05) is 11.9 Å². The van der Waals surface area contributed by atoms with Gasteiger partial charge in [-0.3, -0.25) is 0 Å². The van der Waals surface area contributed by atoms with E-state index >= 15 is 0 Å². The van der Waals surface area contributed by atoms with E-state index in [1.165, 1.54) is 67.9 Å². The quantitative estimate of drug-likeness (QED) is 0.600. The maximum absolute atomic E-state index is 5.59. The van der Waals surface area contributed by atoms with Crippen molar-refractivity contribution in [2.45, 2.75) is 56.4 Å². The molecule has 1 aromatic rings. The van der Waals surface area contributed by atoms with Crippen molar-refractivity contribution in [3.05, 3.63) is 47.7 Å². The summed E-state index contributed by atoms with van der Waals surface area (Å²) >= 11 is 1.93. The van der Waals surface area contributed by atoms with E-state index in [-0.39, 0.29) is 0 Å². The van der Waals surface area contributed by atoms with Gasteiger partial charge in [-0.05, 0) is 80.8 Å². The number of methoxy groups -OCH3 is 1. The van der Waals surface area contributed by atoms with Crippen LogP contribution in [0.4, 0.5) is 0 Å². The Balaban J connectivity index is 1.30. The molecule has 2 fully saturated rings. The molecule has 0 radical (unpaired) electrons. The molecule has 0 unspecified atom stereocenters. The topological polar surface area (TPSA) is 15.7 Å².